The summed E-state index contributed by atoms with van der Waals surface area (Å²) < 4.78 is 4.96. The molecule has 0 saturated carbocycles. The molecule has 1 aliphatic rings. The molecule has 7 nitrogen and oxygen atoms in total. The molecule has 1 N–H and O–H groups in total. The third kappa shape index (κ3) is 7.36. The van der Waals surface area contributed by atoms with Crippen LogP contribution in [0, 0.1) is 0 Å². The summed E-state index contributed by atoms with van der Waals surface area (Å²) in [7, 11) is 0. The molecule has 0 spiro atoms. The van der Waals surface area contributed by atoms with Crippen molar-refractivity contribution in [3.8, 4) is 0 Å². The zero-order chi connectivity index (χ0) is 21.1. The Kier molecular flexibility index (Phi) is 9.40. The van der Waals surface area contributed by atoms with Crippen molar-refractivity contribution in [2.24, 2.45) is 0 Å². The summed E-state index contributed by atoms with van der Waals surface area (Å²) in [5.74, 6) is -0.360. The fourth-order valence-electron chi connectivity index (χ4n) is 3.19. The highest BCUT2D eigenvalue weighted by Gasteiger charge is 2.21. The van der Waals surface area contributed by atoms with Crippen LogP contribution in [0.3, 0.4) is 0 Å². The Labute approximate surface area is 173 Å². The van der Waals surface area contributed by atoms with E-state index in [1.165, 1.54) is 0 Å². The molecule has 7 heteroatoms. The predicted octanol–water partition coefficient (Wildman–Crippen LogP) is 2.69. The van der Waals surface area contributed by atoms with Gasteiger partial charge in [0.15, 0.2) is 0 Å². The van der Waals surface area contributed by atoms with E-state index < -0.39 is 0 Å². The number of amides is 2. The Morgan fingerprint density at radius 1 is 1.10 bits per heavy atom. The summed E-state index contributed by atoms with van der Waals surface area (Å²) in [5, 5.41) is 2.89. The molecule has 1 fully saturated rings. The van der Waals surface area contributed by atoms with E-state index in [1.807, 2.05) is 17.1 Å². The first-order chi connectivity index (χ1) is 14.1. The highest BCUT2D eigenvalue weighted by atomic mass is 16.5. The van der Waals surface area contributed by atoms with Gasteiger partial charge >= 0.3 is 12.0 Å². The van der Waals surface area contributed by atoms with Crippen molar-refractivity contribution in [2.45, 2.75) is 6.92 Å². The quantitative estimate of drug-likeness (QED) is 0.483. The normalized spacial score (nSPS) is 14.5. The molecular formula is C22H32N4O3. The lowest BCUT2D eigenvalue weighted by Gasteiger charge is -2.35. The smallest absolute Gasteiger partial charge is 0.338 e. The van der Waals surface area contributed by atoms with Gasteiger partial charge in [0.05, 0.1) is 12.2 Å². The Hall–Kier alpha value is -2.64. The van der Waals surface area contributed by atoms with Gasteiger partial charge in [0.2, 0.25) is 0 Å². The van der Waals surface area contributed by atoms with Crippen LogP contribution in [0.2, 0.25) is 0 Å². The van der Waals surface area contributed by atoms with Crippen molar-refractivity contribution in [1.29, 1.82) is 0 Å². The zero-order valence-electron chi connectivity index (χ0n) is 17.3. The molecule has 1 aromatic rings. The van der Waals surface area contributed by atoms with Crippen molar-refractivity contribution in [3.63, 3.8) is 0 Å². The van der Waals surface area contributed by atoms with Crippen LogP contribution in [0.4, 0.5) is 10.5 Å². The Bertz CT molecular complexity index is 672. The molecule has 29 heavy (non-hydrogen) atoms. The average Bonchev–Trinajstić information content (AvgIpc) is 2.73. The predicted molar refractivity (Wildman–Crippen MR) is 116 cm³/mol. The lowest BCUT2D eigenvalue weighted by molar-refractivity contribution is 0.0526. The van der Waals surface area contributed by atoms with Crippen LogP contribution in [-0.4, -0.2) is 85.7 Å². The van der Waals surface area contributed by atoms with Crippen LogP contribution in [0.5, 0.6) is 0 Å². The number of piperazine rings is 1. The minimum absolute atomic E-state index is 0.117. The van der Waals surface area contributed by atoms with Crippen molar-refractivity contribution in [2.75, 3.05) is 64.3 Å². The number of urea groups is 1. The minimum atomic E-state index is -0.360. The van der Waals surface area contributed by atoms with Crippen molar-refractivity contribution >= 4 is 17.7 Å². The Morgan fingerprint density at radius 2 is 1.72 bits per heavy atom. The number of carbonyl (C=O) groups excluding carboxylic acids is 2. The van der Waals surface area contributed by atoms with Gasteiger partial charge in [-0.1, -0.05) is 12.2 Å². The number of esters is 1. The number of anilines is 1. The summed E-state index contributed by atoms with van der Waals surface area (Å²) in [4.78, 5) is 30.7. The summed E-state index contributed by atoms with van der Waals surface area (Å²) in [6, 6.07) is 6.63. The number of benzene rings is 1. The summed E-state index contributed by atoms with van der Waals surface area (Å²) in [5.41, 5.74) is 1.13. The van der Waals surface area contributed by atoms with Crippen LogP contribution >= 0.6 is 0 Å². The maximum absolute atomic E-state index is 12.5. The van der Waals surface area contributed by atoms with Gasteiger partial charge in [-0.3, -0.25) is 9.80 Å². The van der Waals surface area contributed by atoms with E-state index in [-0.39, 0.29) is 12.0 Å². The van der Waals surface area contributed by atoms with Gasteiger partial charge in [-0.15, -0.1) is 13.2 Å². The Balaban J connectivity index is 1.76. The number of hydrogen-bond acceptors (Lipinski definition) is 5. The number of carbonyl (C=O) groups is 2. The first-order valence-electron chi connectivity index (χ1n) is 10.1. The molecule has 0 radical (unpaired) electrons. The topological polar surface area (TPSA) is 65.1 Å². The molecule has 1 heterocycles. The van der Waals surface area contributed by atoms with Crippen LogP contribution in [0.1, 0.15) is 17.3 Å². The maximum atomic E-state index is 12.5. The molecular weight excluding hydrogens is 368 g/mol. The van der Waals surface area contributed by atoms with Crippen LogP contribution in [-0.2, 0) is 4.74 Å². The van der Waals surface area contributed by atoms with E-state index in [0.29, 0.717) is 30.9 Å². The third-order valence-electron chi connectivity index (χ3n) is 4.81. The molecule has 2 rings (SSSR count). The highest BCUT2D eigenvalue weighted by Crippen LogP contribution is 2.12. The van der Waals surface area contributed by atoms with E-state index in [9.17, 15) is 9.59 Å². The zero-order valence-corrected chi connectivity index (χ0v) is 17.3. The molecule has 0 aromatic heterocycles. The molecule has 1 aromatic carbocycles. The number of ether oxygens (including phenoxy) is 1. The van der Waals surface area contributed by atoms with Crippen molar-refractivity contribution in [3.05, 3.63) is 55.1 Å². The second kappa shape index (κ2) is 12.0. The van der Waals surface area contributed by atoms with Gasteiger partial charge in [0.1, 0.15) is 0 Å². The molecule has 2 amide bonds. The first-order valence-corrected chi connectivity index (χ1v) is 10.1. The lowest BCUT2D eigenvalue weighted by Crippen LogP contribution is -2.51. The van der Waals surface area contributed by atoms with Crippen molar-refractivity contribution < 1.29 is 14.3 Å². The third-order valence-corrected chi connectivity index (χ3v) is 4.81. The van der Waals surface area contributed by atoms with Crippen LogP contribution < -0.4 is 5.32 Å². The van der Waals surface area contributed by atoms with E-state index in [4.69, 9.17) is 4.74 Å². The van der Waals surface area contributed by atoms with Gasteiger partial charge < -0.3 is 15.0 Å². The molecule has 0 unspecified atom stereocenters. The van der Waals surface area contributed by atoms with E-state index in [0.717, 1.165) is 39.3 Å². The van der Waals surface area contributed by atoms with E-state index >= 15 is 0 Å². The van der Waals surface area contributed by atoms with Gasteiger partial charge in [-0.2, -0.15) is 0 Å². The Morgan fingerprint density at radius 3 is 2.28 bits per heavy atom. The number of nitrogens with zero attached hydrogens (tertiary/aromatic N) is 3. The molecule has 0 bridgehead atoms. The molecule has 1 saturated heterocycles. The maximum Gasteiger partial charge on any atom is 0.338 e. The van der Waals surface area contributed by atoms with Gasteiger partial charge in [0, 0.05) is 58.0 Å². The fraction of sp³-hybridized carbons (Fsp3) is 0.455. The molecule has 1 aliphatic heterocycles. The first kappa shape index (κ1) is 22.6. The van der Waals surface area contributed by atoms with E-state index in [1.54, 1.807) is 31.2 Å². The highest BCUT2D eigenvalue weighted by molar-refractivity contribution is 5.92. The fourth-order valence-corrected chi connectivity index (χ4v) is 3.19. The number of hydrogen-bond donors (Lipinski definition) is 1. The monoisotopic (exact) mass is 400 g/mol. The number of nitrogens with one attached hydrogen (secondary N) is 1. The summed E-state index contributed by atoms with van der Waals surface area (Å²) in [6.07, 6.45) is 3.82. The lowest BCUT2D eigenvalue weighted by atomic mass is 10.2. The van der Waals surface area contributed by atoms with E-state index in [2.05, 4.69) is 28.3 Å². The van der Waals surface area contributed by atoms with Crippen molar-refractivity contribution in [1.82, 2.24) is 14.7 Å². The minimum Gasteiger partial charge on any atom is -0.462 e. The largest absolute Gasteiger partial charge is 0.462 e. The van der Waals surface area contributed by atoms with Crippen LogP contribution in [0.15, 0.2) is 49.6 Å². The van der Waals surface area contributed by atoms with Gasteiger partial charge in [-0.05, 0) is 31.2 Å². The average molecular weight is 401 g/mol. The van der Waals surface area contributed by atoms with Gasteiger partial charge in [-0.25, -0.2) is 9.59 Å². The summed E-state index contributed by atoms with van der Waals surface area (Å²) in [6.45, 7) is 16.4. The SMILES string of the molecule is C=CCN(CC=C)CCN1CCN(C(=O)Nc2ccc(C(=O)OCC)cc2)CC1. The second-order valence-corrected chi connectivity index (χ2v) is 6.89. The van der Waals surface area contributed by atoms with Crippen LogP contribution in [0.25, 0.3) is 0 Å². The molecule has 0 atom stereocenters. The standard InChI is InChI=1S/C22H32N4O3/c1-4-11-24(12-5-2)13-14-25-15-17-26(18-16-25)22(28)23-20-9-7-19(8-10-20)21(27)29-6-3/h4-5,7-10H,1-2,6,11-18H2,3H3,(H,23,28). The molecule has 0 aliphatic carbocycles. The molecule has 158 valence electrons. The number of rotatable bonds is 10. The summed E-state index contributed by atoms with van der Waals surface area (Å²) >= 11 is 0. The second-order valence-electron chi connectivity index (χ2n) is 6.89. The van der Waals surface area contributed by atoms with Gasteiger partial charge in [0.25, 0.3) is 0 Å².